The summed E-state index contributed by atoms with van der Waals surface area (Å²) in [6, 6.07) is 5.57. The standard InChI is InChI=1S/C19H24FN3O2/c20-17-8-3-7-14(11-17)18(24)21-9-4-10-22-19(25)23-12-15-5-1-2-6-16(15)13-23/h1-3,7-8,11,15-16H,4-6,9-10,12-13H2,(H,21,24)(H,22,25)/t15-,16+. The van der Waals surface area contributed by atoms with Crippen LogP contribution < -0.4 is 10.6 Å². The molecule has 5 nitrogen and oxygen atoms in total. The maximum atomic E-state index is 13.1. The topological polar surface area (TPSA) is 61.4 Å². The molecule has 2 aliphatic rings. The molecule has 1 aliphatic heterocycles. The highest BCUT2D eigenvalue weighted by Gasteiger charge is 2.34. The van der Waals surface area contributed by atoms with E-state index < -0.39 is 5.82 Å². The molecule has 0 aromatic heterocycles. The largest absolute Gasteiger partial charge is 0.352 e. The van der Waals surface area contributed by atoms with Gasteiger partial charge in [-0.05, 0) is 49.3 Å². The normalized spacial score (nSPS) is 21.7. The van der Waals surface area contributed by atoms with Crippen LogP contribution in [0.25, 0.3) is 0 Å². The summed E-state index contributed by atoms with van der Waals surface area (Å²) in [6.45, 7) is 2.60. The van der Waals surface area contributed by atoms with Gasteiger partial charge >= 0.3 is 6.03 Å². The number of allylic oxidation sites excluding steroid dienone is 2. The van der Waals surface area contributed by atoms with Gasteiger partial charge in [0.2, 0.25) is 0 Å². The smallest absolute Gasteiger partial charge is 0.317 e. The van der Waals surface area contributed by atoms with Gasteiger partial charge in [0.15, 0.2) is 0 Å². The quantitative estimate of drug-likeness (QED) is 0.636. The molecule has 3 rings (SSSR count). The lowest BCUT2D eigenvalue weighted by atomic mass is 9.86. The fourth-order valence-electron chi connectivity index (χ4n) is 3.51. The van der Waals surface area contributed by atoms with E-state index in [4.69, 9.17) is 0 Å². The Morgan fingerprint density at radius 2 is 1.76 bits per heavy atom. The van der Waals surface area contributed by atoms with E-state index in [2.05, 4.69) is 22.8 Å². The van der Waals surface area contributed by atoms with Crippen LogP contribution in [-0.2, 0) is 0 Å². The Kier molecular flexibility index (Phi) is 5.68. The maximum Gasteiger partial charge on any atom is 0.317 e. The number of rotatable bonds is 5. The van der Waals surface area contributed by atoms with Crippen LogP contribution in [0.5, 0.6) is 0 Å². The number of halogens is 1. The van der Waals surface area contributed by atoms with Crippen molar-refractivity contribution in [2.75, 3.05) is 26.2 Å². The molecule has 2 N–H and O–H groups in total. The second-order valence-electron chi connectivity index (χ2n) is 6.72. The molecule has 1 aliphatic carbocycles. The van der Waals surface area contributed by atoms with E-state index in [-0.39, 0.29) is 11.9 Å². The summed E-state index contributed by atoms with van der Waals surface area (Å²) in [6.07, 6.45) is 7.20. The van der Waals surface area contributed by atoms with E-state index in [0.29, 0.717) is 36.9 Å². The van der Waals surface area contributed by atoms with Gasteiger partial charge in [-0.2, -0.15) is 0 Å². The molecule has 0 spiro atoms. The first kappa shape index (κ1) is 17.5. The summed E-state index contributed by atoms with van der Waals surface area (Å²) in [7, 11) is 0. The van der Waals surface area contributed by atoms with Crippen molar-refractivity contribution in [3.8, 4) is 0 Å². The number of amides is 3. The van der Waals surface area contributed by atoms with Gasteiger partial charge in [-0.25, -0.2) is 9.18 Å². The third-order valence-electron chi connectivity index (χ3n) is 4.91. The number of likely N-dealkylation sites (tertiary alicyclic amines) is 1. The van der Waals surface area contributed by atoms with Crippen molar-refractivity contribution in [1.82, 2.24) is 15.5 Å². The third-order valence-corrected chi connectivity index (χ3v) is 4.91. The molecule has 0 bridgehead atoms. The Labute approximate surface area is 147 Å². The zero-order valence-electron chi connectivity index (χ0n) is 14.2. The number of urea groups is 1. The van der Waals surface area contributed by atoms with Gasteiger partial charge in [-0.1, -0.05) is 18.2 Å². The Morgan fingerprint density at radius 1 is 1.08 bits per heavy atom. The summed E-state index contributed by atoms with van der Waals surface area (Å²) in [5.74, 6) is 0.464. The van der Waals surface area contributed by atoms with Crippen LogP contribution in [0, 0.1) is 17.7 Å². The minimum atomic E-state index is -0.429. The molecular weight excluding hydrogens is 321 g/mol. The minimum Gasteiger partial charge on any atom is -0.352 e. The first-order chi connectivity index (χ1) is 12.1. The molecule has 6 heteroatoms. The second kappa shape index (κ2) is 8.14. The average molecular weight is 345 g/mol. The van der Waals surface area contributed by atoms with Crippen molar-refractivity contribution in [1.29, 1.82) is 0 Å². The highest BCUT2D eigenvalue weighted by molar-refractivity contribution is 5.94. The molecule has 1 fully saturated rings. The minimum absolute atomic E-state index is 0.0224. The van der Waals surface area contributed by atoms with Crippen molar-refractivity contribution in [3.63, 3.8) is 0 Å². The third kappa shape index (κ3) is 4.59. The van der Waals surface area contributed by atoms with Crippen molar-refractivity contribution in [2.24, 2.45) is 11.8 Å². The average Bonchev–Trinajstić information content (AvgIpc) is 3.05. The zero-order valence-corrected chi connectivity index (χ0v) is 14.2. The van der Waals surface area contributed by atoms with E-state index in [0.717, 1.165) is 25.9 Å². The highest BCUT2D eigenvalue weighted by atomic mass is 19.1. The molecule has 0 radical (unpaired) electrons. The SMILES string of the molecule is O=C(NCCCNC(=O)N1C[C@H]2CC=CC[C@H]2C1)c1cccc(F)c1. The van der Waals surface area contributed by atoms with Gasteiger partial charge in [0.25, 0.3) is 5.91 Å². The van der Waals surface area contributed by atoms with E-state index in [1.54, 1.807) is 6.07 Å². The zero-order chi connectivity index (χ0) is 17.6. The summed E-state index contributed by atoms with van der Waals surface area (Å²) < 4.78 is 13.1. The van der Waals surface area contributed by atoms with Crippen molar-refractivity contribution in [2.45, 2.75) is 19.3 Å². The molecule has 2 atom stereocenters. The van der Waals surface area contributed by atoms with Gasteiger partial charge in [-0.15, -0.1) is 0 Å². The molecule has 0 unspecified atom stereocenters. The van der Waals surface area contributed by atoms with Gasteiger partial charge < -0.3 is 15.5 Å². The van der Waals surface area contributed by atoms with Crippen molar-refractivity contribution < 1.29 is 14.0 Å². The Hall–Kier alpha value is -2.37. The second-order valence-corrected chi connectivity index (χ2v) is 6.72. The highest BCUT2D eigenvalue weighted by Crippen LogP contribution is 2.32. The molecular formula is C19H24FN3O2. The fraction of sp³-hybridized carbons (Fsp3) is 0.474. The molecule has 25 heavy (non-hydrogen) atoms. The number of carbonyl (C=O) groups is 2. The summed E-state index contributed by atoms with van der Waals surface area (Å²) in [4.78, 5) is 26.0. The maximum absolute atomic E-state index is 13.1. The molecule has 1 aromatic carbocycles. The molecule has 134 valence electrons. The number of benzene rings is 1. The van der Waals surface area contributed by atoms with Crippen LogP contribution in [-0.4, -0.2) is 43.0 Å². The Balaban J connectivity index is 1.32. The number of carbonyl (C=O) groups excluding carboxylic acids is 2. The molecule has 3 amide bonds. The lowest BCUT2D eigenvalue weighted by Gasteiger charge is -2.17. The molecule has 0 saturated carbocycles. The monoisotopic (exact) mass is 345 g/mol. The number of hydrogen-bond donors (Lipinski definition) is 2. The van der Waals surface area contributed by atoms with Crippen LogP contribution in [0.15, 0.2) is 36.4 Å². The van der Waals surface area contributed by atoms with E-state index in [9.17, 15) is 14.0 Å². The summed E-state index contributed by atoms with van der Waals surface area (Å²) in [5, 5.41) is 5.64. The van der Waals surface area contributed by atoms with Crippen LogP contribution >= 0.6 is 0 Å². The first-order valence-corrected chi connectivity index (χ1v) is 8.85. The van der Waals surface area contributed by atoms with Crippen LogP contribution in [0.3, 0.4) is 0 Å². The number of nitrogens with zero attached hydrogens (tertiary/aromatic N) is 1. The molecule has 1 saturated heterocycles. The first-order valence-electron chi connectivity index (χ1n) is 8.85. The molecule has 1 aromatic rings. The van der Waals surface area contributed by atoms with Gasteiger partial charge in [-0.3, -0.25) is 4.79 Å². The number of fused-ring (bicyclic) bond motifs is 1. The predicted octanol–water partition coefficient (Wildman–Crippen LogP) is 2.55. The fourth-order valence-corrected chi connectivity index (χ4v) is 3.51. The van der Waals surface area contributed by atoms with Crippen molar-refractivity contribution in [3.05, 3.63) is 47.8 Å². The van der Waals surface area contributed by atoms with E-state index in [1.807, 2.05) is 4.90 Å². The summed E-state index contributed by atoms with van der Waals surface area (Å²) in [5.41, 5.74) is 0.303. The summed E-state index contributed by atoms with van der Waals surface area (Å²) >= 11 is 0. The van der Waals surface area contributed by atoms with Gasteiger partial charge in [0, 0.05) is 31.7 Å². The van der Waals surface area contributed by atoms with Crippen molar-refractivity contribution >= 4 is 11.9 Å². The van der Waals surface area contributed by atoms with E-state index in [1.165, 1.54) is 18.2 Å². The Bertz CT molecular complexity index is 646. The van der Waals surface area contributed by atoms with Crippen LogP contribution in [0.1, 0.15) is 29.6 Å². The number of hydrogen-bond acceptors (Lipinski definition) is 2. The Morgan fingerprint density at radius 3 is 2.44 bits per heavy atom. The lowest BCUT2D eigenvalue weighted by Crippen LogP contribution is -2.40. The van der Waals surface area contributed by atoms with Gasteiger partial charge in [0.05, 0.1) is 0 Å². The van der Waals surface area contributed by atoms with Crippen LogP contribution in [0.2, 0.25) is 0 Å². The lowest BCUT2D eigenvalue weighted by molar-refractivity contribution is 0.0953. The number of nitrogens with one attached hydrogen (secondary N) is 2. The predicted molar refractivity (Wildman–Crippen MR) is 93.7 cm³/mol. The van der Waals surface area contributed by atoms with Gasteiger partial charge in [0.1, 0.15) is 5.82 Å². The molecule has 1 heterocycles. The van der Waals surface area contributed by atoms with E-state index >= 15 is 0 Å². The van der Waals surface area contributed by atoms with Crippen LogP contribution in [0.4, 0.5) is 9.18 Å².